The maximum Gasteiger partial charge on any atom is 0.324 e. The summed E-state index contributed by atoms with van der Waals surface area (Å²) < 4.78 is 33.3. The van der Waals surface area contributed by atoms with E-state index in [4.69, 9.17) is 10.5 Å². The van der Waals surface area contributed by atoms with E-state index < -0.39 is 30.1 Å². The average molecular weight is 335 g/mol. The lowest BCUT2D eigenvalue weighted by Crippen LogP contribution is -2.46. The van der Waals surface area contributed by atoms with E-state index in [0.29, 0.717) is 19.8 Å². The van der Waals surface area contributed by atoms with Crippen molar-refractivity contribution in [3.8, 4) is 0 Å². The summed E-state index contributed by atoms with van der Waals surface area (Å²) in [6.07, 6.45) is -0.814. The summed E-state index contributed by atoms with van der Waals surface area (Å²) in [4.78, 5) is 24.8. The minimum absolute atomic E-state index is 0.145. The van der Waals surface area contributed by atoms with Crippen LogP contribution in [0, 0.1) is 11.8 Å². The number of nitrogens with one attached hydrogen (secondary N) is 1. The van der Waals surface area contributed by atoms with Crippen molar-refractivity contribution in [3.05, 3.63) is 0 Å². The number of alkyl halides is 2. The molecule has 0 spiro atoms. The van der Waals surface area contributed by atoms with E-state index in [1.54, 1.807) is 13.8 Å². The van der Waals surface area contributed by atoms with Gasteiger partial charge >= 0.3 is 5.92 Å². The van der Waals surface area contributed by atoms with Gasteiger partial charge in [0.05, 0.1) is 13.2 Å². The lowest BCUT2D eigenvalue weighted by atomic mass is 9.86. The van der Waals surface area contributed by atoms with E-state index in [0.717, 1.165) is 13.1 Å². The maximum atomic E-state index is 14.0. The number of morpholine rings is 1. The van der Waals surface area contributed by atoms with Crippen molar-refractivity contribution in [3.63, 3.8) is 0 Å². The molecule has 23 heavy (non-hydrogen) atoms. The van der Waals surface area contributed by atoms with Crippen LogP contribution in [-0.2, 0) is 14.3 Å². The van der Waals surface area contributed by atoms with Crippen molar-refractivity contribution in [1.82, 2.24) is 10.2 Å². The number of nitrogens with two attached hydrogens (primary N) is 1. The summed E-state index contributed by atoms with van der Waals surface area (Å²) >= 11 is 0. The second-order valence-electron chi connectivity index (χ2n) is 6.29. The molecule has 0 aromatic heterocycles. The minimum Gasteiger partial charge on any atom is -0.379 e. The molecule has 134 valence electrons. The molecule has 1 aliphatic heterocycles. The molecule has 0 aromatic carbocycles. The molecule has 0 saturated carbocycles. The smallest absolute Gasteiger partial charge is 0.324 e. The molecule has 1 saturated heterocycles. The van der Waals surface area contributed by atoms with Gasteiger partial charge in [0, 0.05) is 39.0 Å². The minimum atomic E-state index is -3.50. The maximum absolute atomic E-state index is 14.0. The summed E-state index contributed by atoms with van der Waals surface area (Å²) in [6.45, 7) is 6.86. The highest BCUT2D eigenvalue weighted by atomic mass is 19.3. The number of rotatable bonds is 9. The third-order valence-electron chi connectivity index (χ3n) is 4.07. The van der Waals surface area contributed by atoms with Gasteiger partial charge in [0.1, 0.15) is 0 Å². The van der Waals surface area contributed by atoms with E-state index in [1.165, 1.54) is 0 Å². The molecule has 0 aromatic rings. The van der Waals surface area contributed by atoms with Gasteiger partial charge in [-0.2, -0.15) is 8.78 Å². The SMILES string of the molecule is CC(C)C(CC(N)=O)CC(F)(F)C(=O)NCCN1CCOCC1. The van der Waals surface area contributed by atoms with Gasteiger partial charge in [-0.15, -0.1) is 0 Å². The molecular formula is C15H27F2N3O3. The third-order valence-corrected chi connectivity index (χ3v) is 4.07. The van der Waals surface area contributed by atoms with E-state index in [9.17, 15) is 18.4 Å². The normalized spacial score (nSPS) is 18.0. The number of carbonyl (C=O) groups is 2. The summed E-state index contributed by atoms with van der Waals surface area (Å²) in [5.41, 5.74) is 5.09. The zero-order chi connectivity index (χ0) is 17.5. The first-order chi connectivity index (χ1) is 10.7. The van der Waals surface area contributed by atoms with Crippen LogP contribution in [0.15, 0.2) is 0 Å². The zero-order valence-electron chi connectivity index (χ0n) is 13.8. The molecule has 0 radical (unpaired) electrons. The Balaban J connectivity index is 2.42. The van der Waals surface area contributed by atoms with Crippen molar-refractivity contribution in [2.75, 3.05) is 39.4 Å². The highest BCUT2D eigenvalue weighted by Gasteiger charge is 2.41. The Kier molecular flexibility index (Phi) is 7.84. The van der Waals surface area contributed by atoms with Crippen molar-refractivity contribution < 1.29 is 23.1 Å². The number of amides is 2. The fraction of sp³-hybridized carbons (Fsp3) is 0.867. The molecule has 1 heterocycles. The molecular weight excluding hydrogens is 308 g/mol. The van der Waals surface area contributed by atoms with Crippen molar-refractivity contribution in [2.45, 2.75) is 32.6 Å². The molecule has 0 bridgehead atoms. The lowest BCUT2D eigenvalue weighted by molar-refractivity contribution is -0.149. The highest BCUT2D eigenvalue weighted by Crippen LogP contribution is 2.30. The van der Waals surface area contributed by atoms with E-state index in [2.05, 4.69) is 5.32 Å². The molecule has 1 rings (SSSR count). The molecule has 1 atom stereocenters. The first-order valence-corrected chi connectivity index (χ1v) is 7.97. The van der Waals surface area contributed by atoms with Crippen LogP contribution in [0.1, 0.15) is 26.7 Å². The summed E-state index contributed by atoms with van der Waals surface area (Å²) in [5, 5.41) is 2.28. The van der Waals surface area contributed by atoms with Gasteiger partial charge in [-0.3, -0.25) is 14.5 Å². The number of halogens is 2. The third kappa shape index (κ3) is 7.22. The van der Waals surface area contributed by atoms with Crippen molar-refractivity contribution >= 4 is 11.8 Å². The second-order valence-corrected chi connectivity index (χ2v) is 6.29. The largest absolute Gasteiger partial charge is 0.379 e. The van der Waals surface area contributed by atoms with E-state index in [-0.39, 0.29) is 18.9 Å². The summed E-state index contributed by atoms with van der Waals surface area (Å²) in [6, 6.07) is 0. The van der Waals surface area contributed by atoms with Gasteiger partial charge in [0.25, 0.3) is 5.91 Å². The second kappa shape index (κ2) is 9.12. The molecule has 2 amide bonds. The van der Waals surface area contributed by atoms with Crippen LogP contribution in [0.3, 0.4) is 0 Å². The zero-order valence-corrected chi connectivity index (χ0v) is 13.8. The van der Waals surface area contributed by atoms with Crippen LogP contribution in [0.25, 0.3) is 0 Å². The topological polar surface area (TPSA) is 84.7 Å². The first-order valence-electron chi connectivity index (χ1n) is 7.97. The van der Waals surface area contributed by atoms with Crippen LogP contribution in [0.2, 0.25) is 0 Å². The van der Waals surface area contributed by atoms with Gasteiger partial charge in [-0.05, 0) is 11.8 Å². The monoisotopic (exact) mass is 335 g/mol. The molecule has 1 unspecified atom stereocenters. The van der Waals surface area contributed by atoms with Gasteiger partial charge in [0.15, 0.2) is 0 Å². The first kappa shape index (κ1) is 19.8. The number of hydrogen-bond donors (Lipinski definition) is 2. The Morgan fingerprint density at radius 3 is 2.43 bits per heavy atom. The fourth-order valence-corrected chi connectivity index (χ4v) is 2.51. The predicted octanol–water partition coefficient (Wildman–Crippen LogP) is 0.608. The lowest BCUT2D eigenvalue weighted by Gasteiger charge is -2.27. The fourth-order valence-electron chi connectivity index (χ4n) is 2.51. The van der Waals surface area contributed by atoms with Gasteiger partial charge in [-0.1, -0.05) is 13.8 Å². The van der Waals surface area contributed by atoms with E-state index >= 15 is 0 Å². The Labute approximate surface area is 135 Å². The van der Waals surface area contributed by atoms with Gasteiger partial charge < -0.3 is 15.8 Å². The standard InChI is InChI=1S/C15H27F2N3O3/c1-11(2)12(9-13(18)21)10-15(16,17)14(22)19-3-4-20-5-7-23-8-6-20/h11-12H,3-10H2,1-2H3,(H2,18,21)(H,19,22). The van der Waals surface area contributed by atoms with Crippen molar-refractivity contribution in [1.29, 1.82) is 0 Å². The Morgan fingerprint density at radius 2 is 1.91 bits per heavy atom. The number of carbonyl (C=O) groups excluding carboxylic acids is 2. The van der Waals surface area contributed by atoms with Crippen LogP contribution in [0.5, 0.6) is 0 Å². The van der Waals surface area contributed by atoms with Gasteiger partial charge in [-0.25, -0.2) is 0 Å². The van der Waals surface area contributed by atoms with Crippen LogP contribution in [-0.4, -0.2) is 62.0 Å². The quantitative estimate of drug-likeness (QED) is 0.646. The van der Waals surface area contributed by atoms with Crippen LogP contribution in [0.4, 0.5) is 8.78 Å². The molecule has 8 heteroatoms. The molecule has 1 fully saturated rings. The van der Waals surface area contributed by atoms with Gasteiger partial charge in [0.2, 0.25) is 5.91 Å². The summed E-state index contributed by atoms with van der Waals surface area (Å²) in [5.74, 6) is -6.20. The highest BCUT2D eigenvalue weighted by molar-refractivity contribution is 5.83. The van der Waals surface area contributed by atoms with Crippen LogP contribution >= 0.6 is 0 Å². The molecule has 1 aliphatic rings. The Bertz CT molecular complexity index is 399. The Morgan fingerprint density at radius 1 is 1.30 bits per heavy atom. The number of primary amides is 1. The molecule has 0 aliphatic carbocycles. The number of hydrogen-bond acceptors (Lipinski definition) is 4. The number of nitrogens with zero attached hydrogens (tertiary/aromatic N) is 1. The molecule has 6 nitrogen and oxygen atoms in total. The van der Waals surface area contributed by atoms with Crippen molar-refractivity contribution in [2.24, 2.45) is 17.6 Å². The average Bonchev–Trinajstić information content (AvgIpc) is 2.46. The number of ether oxygens (including phenoxy) is 1. The van der Waals surface area contributed by atoms with Crippen LogP contribution < -0.4 is 11.1 Å². The Hall–Kier alpha value is -1.28. The summed E-state index contributed by atoms with van der Waals surface area (Å²) in [7, 11) is 0. The predicted molar refractivity (Wildman–Crippen MR) is 82.0 cm³/mol. The van der Waals surface area contributed by atoms with E-state index in [1.807, 2.05) is 4.90 Å². The molecule has 3 N–H and O–H groups in total.